The van der Waals surface area contributed by atoms with Gasteiger partial charge in [-0.2, -0.15) is 0 Å². The van der Waals surface area contributed by atoms with Gasteiger partial charge in [-0.3, -0.25) is 4.90 Å². The molecule has 1 amide bonds. The van der Waals surface area contributed by atoms with Crippen LogP contribution in [0, 0.1) is 0 Å². The number of amides is 1. The first-order chi connectivity index (χ1) is 9.85. The summed E-state index contributed by atoms with van der Waals surface area (Å²) >= 11 is 0. The van der Waals surface area contributed by atoms with Crippen LogP contribution < -0.4 is 5.32 Å². The van der Waals surface area contributed by atoms with Crippen LogP contribution in [0.3, 0.4) is 0 Å². The largest absolute Gasteiger partial charge is 0.472 e. The smallest absolute Gasteiger partial charge is 0.407 e. The number of carbonyl (C=O) groups is 1. The summed E-state index contributed by atoms with van der Waals surface area (Å²) in [6.07, 6.45) is 5.23. The molecule has 0 bridgehead atoms. The van der Waals surface area contributed by atoms with E-state index in [1.54, 1.807) is 12.5 Å². The first-order valence-corrected chi connectivity index (χ1v) is 7.61. The van der Waals surface area contributed by atoms with Gasteiger partial charge in [0.2, 0.25) is 0 Å². The lowest BCUT2D eigenvalue weighted by Gasteiger charge is -2.36. The summed E-state index contributed by atoms with van der Waals surface area (Å²) in [5.41, 5.74) is 0.718. The second-order valence-electron chi connectivity index (χ2n) is 6.71. The molecular weight excluding hydrogens is 268 g/mol. The molecule has 0 unspecified atom stereocenters. The number of carbonyl (C=O) groups excluding carboxylic acids is 1. The molecule has 0 saturated carbocycles. The predicted molar refractivity (Wildman–Crippen MR) is 81.1 cm³/mol. The second kappa shape index (κ2) is 6.52. The number of nitrogens with zero attached hydrogens (tertiary/aromatic N) is 1. The zero-order valence-electron chi connectivity index (χ0n) is 13.4. The van der Waals surface area contributed by atoms with Crippen LogP contribution in [0.25, 0.3) is 0 Å². The molecule has 0 radical (unpaired) electrons. The van der Waals surface area contributed by atoms with Gasteiger partial charge in [0.1, 0.15) is 5.60 Å². The number of ether oxygens (including phenoxy) is 1. The SMILES string of the molecule is C[C@H](c1ccoc1)N1CCC[C@@H](NC(=O)OC(C)(C)C)C1. The molecule has 118 valence electrons. The van der Waals surface area contributed by atoms with Crippen molar-refractivity contribution in [3.63, 3.8) is 0 Å². The van der Waals surface area contributed by atoms with Crippen molar-refractivity contribution >= 4 is 6.09 Å². The third-order valence-electron chi connectivity index (χ3n) is 3.75. The molecule has 1 aliphatic rings. The molecule has 1 saturated heterocycles. The average Bonchev–Trinajstić information content (AvgIpc) is 2.89. The highest BCUT2D eigenvalue weighted by molar-refractivity contribution is 5.68. The van der Waals surface area contributed by atoms with Gasteiger partial charge in [-0.1, -0.05) is 0 Å². The number of likely N-dealkylation sites (tertiary alicyclic amines) is 1. The molecule has 5 heteroatoms. The van der Waals surface area contributed by atoms with Crippen LogP contribution in [-0.4, -0.2) is 35.7 Å². The van der Waals surface area contributed by atoms with Crippen molar-refractivity contribution in [1.29, 1.82) is 0 Å². The van der Waals surface area contributed by atoms with E-state index in [0.29, 0.717) is 6.04 Å². The maximum atomic E-state index is 11.9. The van der Waals surface area contributed by atoms with E-state index in [1.165, 1.54) is 5.56 Å². The molecule has 1 fully saturated rings. The minimum absolute atomic E-state index is 0.142. The molecule has 1 aromatic rings. The van der Waals surface area contributed by atoms with Gasteiger partial charge in [-0.15, -0.1) is 0 Å². The standard InChI is InChI=1S/C16H26N2O3/c1-12(13-7-9-20-11-13)18-8-5-6-14(10-18)17-15(19)21-16(2,3)4/h7,9,11-12,14H,5-6,8,10H2,1-4H3,(H,17,19)/t12-,14-/m1/s1. The third kappa shape index (κ3) is 4.77. The second-order valence-corrected chi connectivity index (χ2v) is 6.71. The molecule has 21 heavy (non-hydrogen) atoms. The van der Waals surface area contributed by atoms with E-state index >= 15 is 0 Å². The Hall–Kier alpha value is -1.49. The Labute approximate surface area is 126 Å². The molecular formula is C16H26N2O3. The fraction of sp³-hybridized carbons (Fsp3) is 0.688. The number of piperidine rings is 1. The molecule has 2 atom stereocenters. The van der Waals surface area contributed by atoms with Gasteiger partial charge < -0.3 is 14.5 Å². The zero-order valence-corrected chi connectivity index (χ0v) is 13.4. The van der Waals surface area contributed by atoms with Gasteiger partial charge in [0.05, 0.1) is 12.5 Å². The Balaban J connectivity index is 1.87. The lowest BCUT2D eigenvalue weighted by molar-refractivity contribution is 0.0458. The Morgan fingerprint density at radius 3 is 2.90 bits per heavy atom. The van der Waals surface area contributed by atoms with Crippen LogP contribution in [0.4, 0.5) is 4.79 Å². The van der Waals surface area contributed by atoms with E-state index in [0.717, 1.165) is 25.9 Å². The molecule has 5 nitrogen and oxygen atoms in total. The highest BCUT2D eigenvalue weighted by Crippen LogP contribution is 2.24. The number of hydrogen-bond acceptors (Lipinski definition) is 4. The summed E-state index contributed by atoms with van der Waals surface area (Å²) in [7, 11) is 0. The van der Waals surface area contributed by atoms with E-state index in [9.17, 15) is 4.79 Å². The van der Waals surface area contributed by atoms with Crippen molar-refractivity contribution in [1.82, 2.24) is 10.2 Å². The van der Waals surface area contributed by atoms with Crippen LogP contribution in [-0.2, 0) is 4.74 Å². The van der Waals surface area contributed by atoms with Gasteiger partial charge in [-0.25, -0.2) is 4.79 Å². The van der Waals surface area contributed by atoms with Gasteiger partial charge in [0.15, 0.2) is 0 Å². The van der Waals surface area contributed by atoms with Gasteiger partial charge in [0.25, 0.3) is 0 Å². The summed E-state index contributed by atoms with van der Waals surface area (Å²) in [5, 5.41) is 2.98. The lowest BCUT2D eigenvalue weighted by atomic mass is 10.0. The van der Waals surface area contributed by atoms with E-state index < -0.39 is 5.60 Å². The first-order valence-electron chi connectivity index (χ1n) is 7.61. The monoisotopic (exact) mass is 294 g/mol. The van der Waals surface area contributed by atoms with Crippen LogP contribution >= 0.6 is 0 Å². The number of alkyl carbamates (subject to hydrolysis) is 1. The fourth-order valence-corrected chi connectivity index (χ4v) is 2.67. The van der Waals surface area contributed by atoms with Crippen LogP contribution in [0.5, 0.6) is 0 Å². The predicted octanol–water partition coefficient (Wildman–Crippen LogP) is 3.33. The Morgan fingerprint density at radius 2 is 2.29 bits per heavy atom. The molecule has 0 spiro atoms. The highest BCUT2D eigenvalue weighted by Gasteiger charge is 2.27. The Morgan fingerprint density at radius 1 is 1.52 bits per heavy atom. The number of furan rings is 1. The van der Waals surface area contributed by atoms with E-state index in [4.69, 9.17) is 9.15 Å². The quantitative estimate of drug-likeness (QED) is 0.929. The molecule has 0 aromatic carbocycles. The van der Waals surface area contributed by atoms with E-state index in [-0.39, 0.29) is 12.1 Å². The summed E-state index contributed by atoms with van der Waals surface area (Å²) < 4.78 is 10.5. The maximum absolute atomic E-state index is 11.9. The van der Waals surface area contributed by atoms with E-state index in [2.05, 4.69) is 17.1 Å². The summed E-state index contributed by atoms with van der Waals surface area (Å²) in [4.78, 5) is 14.2. The minimum Gasteiger partial charge on any atom is -0.472 e. The highest BCUT2D eigenvalue weighted by atomic mass is 16.6. The minimum atomic E-state index is -0.456. The van der Waals surface area contributed by atoms with Crippen LogP contribution in [0.2, 0.25) is 0 Å². The fourth-order valence-electron chi connectivity index (χ4n) is 2.67. The molecule has 1 aromatic heterocycles. The van der Waals surface area contributed by atoms with Gasteiger partial charge in [-0.05, 0) is 53.1 Å². The molecule has 2 rings (SSSR count). The lowest BCUT2D eigenvalue weighted by Crippen LogP contribution is -2.49. The van der Waals surface area contributed by atoms with Crippen LogP contribution in [0.1, 0.15) is 52.1 Å². The molecule has 0 aliphatic carbocycles. The van der Waals surface area contributed by atoms with E-state index in [1.807, 2.05) is 26.8 Å². The van der Waals surface area contributed by atoms with Crippen molar-refractivity contribution in [2.24, 2.45) is 0 Å². The zero-order chi connectivity index (χ0) is 15.5. The summed E-state index contributed by atoms with van der Waals surface area (Å²) in [6, 6.07) is 2.44. The Kier molecular flexibility index (Phi) is 4.93. The van der Waals surface area contributed by atoms with Crippen molar-refractivity contribution in [3.05, 3.63) is 24.2 Å². The molecule has 2 heterocycles. The van der Waals surface area contributed by atoms with Crippen molar-refractivity contribution in [2.75, 3.05) is 13.1 Å². The summed E-state index contributed by atoms with van der Waals surface area (Å²) in [6.45, 7) is 9.67. The molecule has 1 aliphatic heterocycles. The van der Waals surface area contributed by atoms with Crippen molar-refractivity contribution < 1.29 is 13.9 Å². The summed E-state index contributed by atoms with van der Waals surface area (Å²) in [5.74, 6) is 0. The van der Waals surface area contributed by atoms with Gasteiger partial charge >= 0.3 is 6.09 Å². The topological polar surface area (TPSA) is 54.7 Å². The van der Waals surface area contributed by atoms with Crippen molar-refractivity contribution in [3.8, 4) is 0 Å². The maximum Gasteiger partial charge on any atom is 0.407 e. The van der Waals surface area contributed by atoms with Gasteiger partial charge in [0, 0.05) is 24.2 Å². The first kappa shape index (κ1) is 15.9. The average molecular weight is 294 g/mol. The number of nitrogens with one attached hydrogen (secondary N) is 1. The Bertz CT molecular complexity index is 451. The molecule has 1 N–H and O–H groups in total. The van der Waals surface area contributed by atoms with Crippen LogP contribution in [0.15, 0.2) is 23.0 Å². The third-order valence-corrected chi connectivity index (χ3v) is 3.75. The number of rotatable bonds is 3. The normalized spacial score (nSPS) is 21.8. The number of hydrogen-bond donors (Lipinski definition) is 1. The van der Waals surface area contributed by atoms with Crippen molar-refractivity contribution in [2.45, 2.75) is 58.2 Å².